The molecular formula is C22H27FN2O3S. The molecule has 3 rings (SSSR count). The van der Waals surface area contributed by atoms with Gasteiger partial charge in [-0.15, -0.1) is 0 Å². The van der Waals surface area contributed by atoms with Crippen LogP contribution in [-0.2, 0) is 16.4 Å². The van der Waals surface area contributed by atoms with Crippen LogP contribution in [0.2, 0.25) is 0 Å². The van der Waals surface area contributed by atoms with Crippen molar-refractivity contribution in [3.05, 3.63) is 65.0 Å². The van der Waals surface area contributed by atoms with Gasteiger partial charge in [0.1, 0.15) is 5.82 Å². The minimum atomic E-state index is -3.59. The molecule has 2 aromatic rings. The molecule has 29 heavy (non-hydrogen) atoms. The maximum Gasteiger partial charge on any atom is 0.251 e. The van der Waals surface area contributed by atoms with Crippen LogP contribution in [0, 0.1) is 12.7 Å². The van der Waals surface area contributed by atoms with E-state index in [2.05, 4.69) is 5.32 Å². The third kappa shape index (κ3) is 5.42. The van der Waals surface area contributed by atoms with E-state index < -0.39 is 10.0 Å². The quantitative estimate of drug-likeness (QED) is 0.698. The number of carbonyl (C=O) groups is 1. The Labute approximate surface area is 172 Å². The van der Waals surface area contributed by atoms with E-state index in [1.807, 2.05) is 0 Å². The molecule has 0 bridgehead atoms. The number of rotatable bonds is 7. The van der Waals surface area contributed by atoms with Gasteiger partial charge in [0, 0.05) is 25.2 Å². The van der Waals surface area contributed by atoms with Gasteiger partial charge in [0.05, 0.1) is 4.90 Å². The van der Waals surface area contributed by atoms with E-state index in [1.54, 1.807) is 31.2 Å². The van der Waals surface area contributed by atoms with E-state index in [-0.39, 0.29) is 16.6 Å². The molecule has 5 nitrogen and oxygen atoms in total. The van der Waals surface area contributed by atoms with Gasteiger partial charge in [-0.05, 0) is 68.0 Å². The van der Waals surface area contributed by atoms with Crippen LogP contribution >= 0.6 is 0 Å². The zero-order chi connectivity index (χ0) is 20.9. The molecule has 0 unspecified atom stereocenters. The van der Waals surface area contributed by atoms with Crippen LogP contribution in [0.5, 0.6) is 0 Å². The van der Waals surface area contributed by atoms with Crippen LogP contribution in [0.3, 0.4) is 0 Å². The Bertz CT molecular complexity index is 953. The molecule has 0 saturated carbocycles. The fourth-order valence-electron chi connectivity index (χ4n) is 3.51. The standard InChI is InChI=1S/C22H27FN2O3S/c1-17-7-10-19(16-21(17)29(27,28)25-14-3-2-4-15-25)22(26)24-13-5-6-18-8-11-20(23)12-9-18/h7-12,16H,2-6,13-15H2,1H3,(H,24,26). The highest BCUT2D eigenvalue weighted by molar-refractivity contribution is 7.89. The number of carbonyl (C=O) groups excluding carboxylic acids is 1. The normalized spacial score (nSPS) is 15.2. The summed E-state index contributed by atoms with van der Waals surface area (Å²) < 4.78 is 40.4. The van der Waals surface area contributed by atoms with Crippen LogP contribution in [0.25, 0.3) is 0 Å². The molecule has 1 heterocycles. The smallest absolute Gasteiger partial charge is 0.251 e. The first kappa shape index (κ1) is 21.5. The number of nitrogens with zero attached hydrogens (tertiary/aromatic N) is 1. The molecule has 1 aliphatic heterocycles. The second kappa shape index (κ2) is 9.50. The van der Waals surface area contributed by atoms with Crippen molar-refractivity contribution in [2.24, 2.45) is 0 Å². The van der Waals surface area contributed by atoms with Crippen molar-refractivity contribution >= 4 is 15.9 Å². The summed E-state index contributed by atoms with van der Waals surface area (Å²) in [6.45, 7) is 3.27. The lowest BCUT2D eigenvalue weighted by Crippen LogP contribution is -2.36. The molecule has 156 valence electrons. The summed E-state index contributed by atoms with van der Waals surface area (Å²) in [7, 11) is -3.59. The number of halogens is 1. The number of amides is 1. The van der Waals surface area contributed by atoms with E-state index in [1.165, 1.54) is 22.5 Å². The van der Waals surface area contributed by atoms with E-state index in [0.29, 0.717) is 37.2 Å². The van der Waals surface area contributed by atoms with E-state index >= 15 is 0 Å². The summed E-state index contributed by atoms with van der Waals surface area (Å²) in [4.78, 5) is 12.7. The zero-order valence-electron chi connectivity index (χ0n) is 16.7. The van der Waals surface area contributed by atoms with Crippen LogP contribution in [-0.4, -0.2) is 38.3 Å². The van der Waals surface area contributed by atoms with Crippen molar-refractivity contribution in [1.29, 1.82) is 0 Å². The van der Waals surface area contributed by atoms with E-state index in [0.717, 1.165) is 31.2 Å². The molecule has 1 amide bonds. The summed E-state index contributed by atoms with van der Waals surface area (Å²) in [5, 5.41) is 2.84. The Hall–Kier alpha value is -2.25. The number of piperidine rings is 1. The average Bonchev–Trinajstić information content (AvgIpc) is 2.73. The first-order valence-electron chi connectivity index (χ1n) is 10.0. The molecule has 1 fully saturated rings. The van der Waals surface area contributed by atoms with Crippen LogP contribution in [0.15, 0.2) is 47.4 Å². The molecular weight excluding hydrogens is 391 g/mol. The Morgan fingerprint density at radius 3 is 2.45 bits per heavy atom. The highest BCUT2D eigenvalue weighted by Gasteiger charge is 2.28. The van der Waals surface area contributed by atoms with Gasteiger partial charge in [-0.1, -0.05) is 24.6 Å². The SMILES string of the molecule is Cc1ccc(C(=O)NCCCc2ccc(F)cc2)cc1S(=O)(=O)N1CCCCC1. The van der Waals surface area contributed by atoms with Crippen LogP contribution < -0.4 is 5.32 Å². The molecule has 0 spiro atoms. The van der Waals surface area contributed by atoms with Crippen LogP contribution in [0.1, 0.15) is 47.2 Å². The Kier molecular flexibility index (Phi) is 7.03. The lowest BCUT2D eigenvalue weighted by Gasteiger charge is -2.26. The fourth-order valence-corrected chi connectivity index (χ4v) is 5.28. The number of nitrogens with one attached hydrogen (secondary N) is 1. The summed E-state index contributed by atoms with van der Waals surface area (Å²) in [5.41, 5.74) is 1.99. The first-order chi connectivity index (χ1) is 13.9. The third-order valence-electron chi connectivity index (χ3n) is 5.22. The number of benzene rings is 2. The minimum Gasteiger partial charge on any atom is -0.352 e. The fraction of sp³-hybridized carbons (Fsp3) is 0.409. The monoisotopic (exact) mass is 418 g/mol. The number of aryl methyl sites for hydroxylation is 2. The summed E-state index contributed by atoms with van der Waals surface area (Å²) >= 11 is 0. The van der Waals surface area contributed by atoms with E-state index in [9.17, 15) is 17.6 Å². The lowest BCUT2D eigenvalue weighted by molar-refractivity contribution is 0.0953. The molecule has 1 saturated heterocycles. The van der Waals surface area contributed by atoms with Crippen molar-refractivity contribution in [1.82, 2.24) is 9.62 Å². The lowest BCUT2D eigenvalue weighted by atomic mass is 10.1. The van der Waals surface area contributed by atoms with Gasteiger partial charge in [0.2, 0.25) is 10.0 Å². The molecule has 0 atom stereocenters. The summed E-state index contributed by atoms with van der Waals surface area (Å²) in [6, 6.07) is 11.1. The minimum absolute atomic E-state index is 0.207. The molecule has 1 aliphatic rings. The number of hydrogen-bond donors (Lipinski definition) is 1. The van der Waals surface area contributed by atoms with Crippen LogP contribution in [0.4, 0.5) is 4.39 Å². The van der Waals surface area contributed by atoms with E-state index in [4.69, 9.17) is 0 Å². The summed E-state index contributed by atoms with van der Waals surface area (Å²) in [5.74, 6) is -0.559. The average molecular weight is 419 g/mol. The number of sulfonamides is 1. The molecule has 1 N–H and O–H groups in total. The second-order valence-electron chi connectivity index (χ2n) is 7.43. The largest absolute Gasteiger partial charge is 0.352 e. The zero-order valence-corrected chi connectivity index (χ0v) is 17.5. The van der Waals surface area contributed by atoms with Gasteiger partial charge in [-0.2, -0.15) is 4.31 Å². The van der Waals surface area contributed by atoms with Gasteiger partial charge >= 0.3 is 0 Å². The van der Waals surface area contributed by atoms with Gasteiger partial charge < -0.3 is 5.32 Å². The molecule has 2 aromatic carbocycles. The second-order valence-corrected chi connectivity index (χ2v) is 9.34. The topological polar surface area (TPSA) is 66.5 Å². The Balaban J connectivity index is 1.62. The van der Waals surface area contributed by atoms with Gasteiger partial charge in [-0.25, -0.2) is 12.8 Å². The molecule has 0 radical (unpaired) electrons. The van der Waals surface area contributed by atoms with Crippen molar-refractivity contribution in [2.75, 3.05) is 19.6 Å². The molecule has 0 aliphatic carbocycles. The maximum atomic E-state index is 13.0. The van der Waals surface area contributed by atoms with Crippen molar-refractivity contribution in [3.63, 3.8) is 0 Å². The highest BCUT2D eigenvalue weighted by atomic mass is 32.2. The van der Waals surface area contributed by atoms with Gasteiger partial charge in [-0.3, -0.25) is 4.79 Å². The molecule has 0 aromatic heterocycles. The van der Waals surface area contributed by atoms with Crippen molar-refractivity contribution < 1.29 is 17.6 Å². The predicted octanol–water partition coefficient (Wildman–Crippen LogP) is 3.67. The van der Waals surface area contributed by atoms with Gasteiger partial charge in [0.25, 0.3) is 5.91 Å². The maximum absolute atomic E-state index is 13.0. The van der Waals surface area contributed by atoms with Crippen molar-refractivity contribution in [3.8, 4) is 0 Å². The molecule has 7 heteroatoms. The first-order valence-corrected chi connectivity index (χ1v) is 11.5. The predicted molar refractivity (Wildman–Crippen MR) is 111 cm³/mol. The third-order valence-corrected chi connectivity index (χ3v) is 7.26. The number of hydrogen-bond acceptors (Lipinski definition) is 3. The van der Waals surface area contributed by atoms with Crippen molar-refractivity contribution in [2.45, 2.75) is 43.9 Å². The Morgan fingerprint density at radius 1 is 1.07 bits per heavy atom. The highest BCUT2D eigenvalue weighted by Crippen LogP contribution is 2.24. The Morgan fingerprint density at radius 2 is 1.76 bits per heavy atom. The summed E-state index contributed by atoms with van der Waals surface area (Å²) in [6.07, 6.45) is 4.22. The van der Waals surface area contributed by atoms with Gasteiger partial charge in [0.15, 0.2) is 0 Å².